The van der Waals surface area contributed by atoms with Crippen molar-refractivity contribution in [2.24, 2.45) is 11.8 Å². The number of nitrogens with one attached hydrogen (secondary N) is 1. The Hall–Kier alpha value is -1.10. The van der Waals surface area contributed by atoms with E-state index >= 15 is 0 Å². The summed E-state index contributed by atoms with van der Waals surface area (Å²) in [5.41, 5.74) is 0. The quantitative estimate of drug-likeness (QED) is 0.719. The topological polar surface area (TPSA) is 58.6 Å². The maximum absolute atomic E-state index is 12.4. The molecule has 0 spiro atoms. The molecule has 5 nitrogen and oxygen atoms in total. The fourth-order valence-corrected chi connectivity index (χ4v) is 2.47. The molecule has 0 saturated carbocycles. The average molecular weight is 284 g/mol. The standard InChI is InChI=1S/C15H28N2O3/c1-6-12-15(19)17(7-8-20-9-10(2)3)13(11(4)5)14(18)16-12/h10-13H,6-9H2,1-5H3,(H,16,18). The van der Waals surface area contributed by atoms with E-state index in [1.165, 1.54) is 0 Å². The number of rotatable bonds is 7. The molecule has 0 aliphatic carbocycles. The van der Waals surface area contributed by atoms with Gasteiger partial charge < -0.3 is 15.0 Å². The summed E-state index contributed by atoms with van der Waals surface area (Å²) in [5, 5.41) is 2.81. The Labute approximate surface area is 122 Å². The van der Waals surface area contributed by atoms with Crippen molar-refractivity contribution in [1.82, 2.24) is 10.2 Å². The number of piperazine rings is 1. The fourth-order valence-electron chi connectivity index (χ4n) is 2.47. The number of ether oxygens (including phenoxy) is 1. The zero-order valence-corrected chi connectivity index (χ0v) is 13.3. The molecule has 116 valence electrons. The van der Waals surface area contributed by atoms with Crippen LogP contribution in [0.15, 0.2) is 0 Å². The summed E-state index contributed by atoms with van der Waals surface area (Å²) in [7, 11) is 0. The first-order valence-electron chi connectivity index (χ1n) is 7.57. The molecule has 2 amide bonds. The van der Waals surface area contributed by atoms with Crippen LogP contribution in [-0.4, -0.2) is 48.6 Å². The van der Waals surface area contributed by atoms with Crippen LogP contribution in [0, 0.1) is 11.8 Å². The first kappa shape index (κ1) is 17.0. The van der Waals surface area contributed by atoms with Gasteiger partial charge in [-0.15, -0.1) is 0 Å². The van der Waals surface area contributed by atoms with Crippen molar-refractivity contribution in [2.45, 2.75) is 53.1 Å². The average Bonchev–Trinajstić information content (AvgIpc) is 2.36. The van der Waals surface area contributed by atoms with Gasteiger partial charge in [0.25, 0.3) is 0 Å². The monoisotopic (exact) mass is 284 g/mol. The van der Waals surface area contributed by atoms with E-state index in [1.54, 1.807) is 4.90 Å². The predicted octanol–water partition coefficient (Wildman–Crippen LogP) is 1.42. The van der Waals surface area contributed by atoms with Crippen LogP contribution in [0.3, 0.4) is 0 Å². The maximum Gasteiger partial charge on any atom is 0.245 e. The highest BCUT2D eigenvalue weighted by atomic mass is 16.5. The Morgan fingerprint density at radius 3 is 2.40 bits per heavy atom. The van der Waals surface area contributed by atoms with E-state index in [2.05, 4.69) is 19.2 Å². The van der Waals surface area contributed by atoms with E-state index in [1.807, 2.05) is 20.8 Å². The normalized spacial score (nSPS) is 23.6. The van der Waals surface area contributed by atoms with Gasteiger partial charge in [0.05, 0.1) is 6.61 Å². The van der Waals surface area contributed by atoms with Crippen molar-refractivity contribution < 1.29 is 14.3 Å². The summed E-state index contributed by atoms with van der Waals surface area (Å²) in [4.78, 5) is 26.2. The highest BCUT2D eigenvalue weighted by molar-refractivity contribution is 5.97. The molecule has 0 bridgehead atoms. The molecule has 1 rings (SSSR count). The van der Waals surface area contributed by atoms with Crippen LogP contribution < -0.4 is 5.32 Å². The second-order valence-electron chi connectivity index (χ2n) is 6.16. The summed E-state index contributed by atoms with van der Waals surface area (Å²) < 4.78 is 5.55. The molecule has 0 radical (unpaired) electrons. The molecule has 2 unspecified atom stereocenters. The first-order valence-corrected chi connectivity index (χ1v) is 7.57. The lowest BCUT2D eigenvalue weighted by Crippen LogP contribution is -2.65. The lowest BCUT2D eigenvalue weighted by atomic mass is 9.96. The minimum atomic E-state index is -0.386. The molecule has 1 fully saturated rings. The van der Waals surface area contributed by atoms with Crippen LogP contribution in [0.25, 0.3) is 0 Å². The molecule has 0 aromatic heterocycles. The molecule has 1 saturated heterocycles. The van der Waals surface area contributed by atoms with Gasteiger partial charge in [-0.2, -0.15) is 0 Å². The van der Waals surface area contributed by atoms with Crippen molar-refractivity contribution >= 4 is 11.8 Å². The van der Waals surface area contributed by atoms with Crippen LogP contribution >= 0.6 is 0 Å². The molecule has 5 heteroatoms. The molecule has 2 atom stereocenters. The van der Waals surface area contributed by atoms with E-state index in [4.69, 9.17) is 4.74 Å². The smallest absolute Gasteiger partial charge is 0.245 e. The largest absolute Gasteiger partial charge is 0.379 e. The highest BCUT2D eigenvalue weighted by Gasteiger charge is 2.40. The molecular weight excluding hydrogens is 256 g/mol. The molecule has 1 heterocycles. The summed E-state index contributed by atoms with van der Waals surface area (Å²) >= 11 is 0. The number of hydrogen-bond donors (Lipinski definition) is 1. The number of nitrogens with zero attached hydrogens (tertiary/aromatic N) is 1. The van der Waals surface area contributed by atoms with Crippen molar-refractivity contribution in [3.05, 3.63) is 0 Å². The summed E-state index contributed by atoms with van der Waals surface area (Å²) in [6.45, 7) is 11.7. The lowest BCUT2D eigenvalue weighted by molar-refractivity contribution is -0.152. The summed E-state index contributed by atoms with van der Waals surface area (Å²) in [6, 6.07) is -0.768. The Morgan fingerprint density at radius 2 is 1.90 bits per heavy atom. The van der Waals surface area contributed by atoms with Gasteiger partial charge in [-0.3, -0.25) is 9.59 Å². The maximum atomic E-state index is 12.4. The predicted molar refractivity (Wildman–Crippen MR) is 78.2 cm³/mol. The van der Waals surface area contributed by atoms with Gasteiger partial charge >= 0.3 is 0 Å². The third-order valence-electron chi connectivity index (χ3n) is 3.47. The third-order valence-corrected chi connectivity index (χ3v) is 3.47. The first-order chi connectivity index (χ1) is 9.38. The van der Waals surface area contributed by atoms with Crippen LogP contribution in [0.5, 0.6) is 0 Å². The molecule has 1 aliphatic heterocycles. The second-order valence-corrected chi connectivity index (χ2v) is 6.16. The Kier molecular flexibility index (Phi) is 6.46. The van der Waals surface area contributed by atoms with Crippen molar-refractivity contribution in [1.29, 1.82) is 0 Å². The number of hydrogen-bond acceptors (Lipinski definition) is 3. The SMILES string of the molecule is CCC1NC(=O)C(C(C)C)N(CCOCC(C)C)C1=O. The van der Waals surface area contributed by atoms with Crippen LogP contribution in [0.1, 0.15) is 41.0 Å². The van der Waals surface area contributed by atoms with Crippen molar-refractivity contribution in [2.75, 3.05) is 19.8 Å². The van der Waals surface area contributed by atoms with Gasteiger partial charge in [0.15, 0.2) is 0 Å². The Bertz CT molecular complexity index is 342. The van der Waals surface area contributed by atoms with Crippen LogP contribution in [0.2, 0.25) is 0 Å². The zero-order valence-electron chi connectivity index (χ0n) is 13.3. The number of amides is 2. The summed E-state index contributed by atoms with van der Waals surface area (Å²) in [6.07, 6.45) is 0.624. The van der Waals surface area contributed by atoms with Gasteiger partial charge in [-0.25, -0.2) is 0 Å². The molecule has 1 N–H and O–H groups in total. The number of carbonyl (C=O) groups is 2. The highest BCUT2D eigenvalue weighted by Crippen LogP contribution is 2.18. The molecule has 20 heavy (non-hydrogen) atoms. The van der Waals surface area contributed by atoms with Gasteiger partial charge in [0.2, 0.25) is 11.8 Å². The minimum absolute atomic E-state index is 0.0129. The van der Waals surface area contributed by atoms with E-state index in [9.17, 15) is 9.59 Å². The summed E-state index contributed by atoms with van der Waals surface area (Å²) in [5.74, 6) is 0.538. The lowest BCUT2D eigenvalue weighted by Gasteiger charge is -2.40. The van der Waals surface area contributed by atoms with E-state index in [0.717, 1.165) is 0 Å². The van der Waals surface area contributed by atoms with Crippen LogP contribution in [-0.2, 0) is 14.3 Å². The molecule has 1 aliphatic rings. The van der Waals surface area contributed by atoms with Gasteiger partial charge in [0.1, 0.15) is 12.1 Å². The third kappa shape index (κ3) is 4.20. The van der Waals surface area contributed by atoms with Gasteiger partial charge in [0, 0.05) is 13.2 Å². The molecule has 0 aromatic carbocycles. The Balaban J connectivity index is 2.68. The van der Waals surface area contributed by atoms with Crippen LogP contribution in [0.4, 0.5) is 0 Å². The van der Waals surface area contributed by atoms with Gasteiger partial charge in [-0.1, -0.05) is 34.6 Å². The minimum Gasteiger partial charge on any atom is -0.379 e. The number of carbonyl (C=O) groups excluding carboxylic acids is 2. The zero-order chi connectivity index (χ0) is 15.3. The van der Waals surface area contributed by atoms with E-state index in [-0.39, 0.29) is 29.8 Å². The second kappa shape index (κ2) is 7.62. The van der Waals surface area contributed by atoms with E-state index < -0.39 is 0 Å². The van der Waals surface area contributed by atoms with Gasteiger partial charge in [-0.05, 0) is 18.3 Å². The van der Waals surface area contributed by atoms with E-state index in [0.29, 0.717) is 32.1 Å². The van der Waals surface area contributed by atoms with Crippen molar-refractivity contribution in [3.63, 3.8) is 0 Å². The molecule has 0 aromatic rings. The fraction of sp³-hybridized carbons (Fsp3) is 0.867. The Morgan fingerprint density at radius 1 is 1.25 bits per heavy atom. The molecular formula is C15H28N2O3. The van der Waals surface area contributed by atoms with Crippen molar-refractivity contribution in [3.8, 4) is 0 Å².